The van der Waals surface area contributed by atoms with Crippen LogP contribution in [0.15, 0.2) is 30.3 Å². The number of carbonyl (C=O) groups excluding carboxylic acids is 2. The number of unbranched alkanes of at least 4 members (excludes halogenated alkanes) is 1. The highest BCUT2D eigenvalue weighted by atomic mass is 16.2. The van der Waals surface area contributed by atoms with Crippen LogP contribution >= 0.6 is 0 Å². The van der Waals surface area contributed by atoms with Crippen molar-refractivity contribution in [1.82, 2.24) is 10.2 Å². The molecule has 0 saturated heterocycles. The number of hydrogen-bond acceptors (Lipinski definition) is 2. The zero-order valence-electron chi connectivity index (χ0n) is 14.1. The molecule has 1 rings (SSSR count). The van der Waals surface area contributed by atoms with Crippen molar-refractivity contribution < 1.29 is 9.59 Å². The molecule has 1 aromatic carbocycles. The van der Waals surface area contributed by atoms with Crippen LogP contribution in [0.25, 0.3) is 0 Å². The van der Waals surface area contributed by atoms with E-state index in [1.807, 2.05) is 44.2 Å². The van der Waals surface area contributed by atoms with Crippen LogP contribution in [0.1, 0.15) is 46.1 Å². The van der Waals surface area contributed by atoms with Crippen molar-refractivity contribution in [3.05, 3.63) is 35.9 Å². The van der Waals surface area contributed by atoms with Crippen LogP contribution in [0.2, 0.25) is 0 Å². The van der Waals surface area contributed by atoms with Gasteiger partial charge in [-0.1, -0.05) is 57.5 Å². The topological polar surface area (TPSA) is 49.4 Å². The van der Waals surface area contributed by atoms with E-state index in [1.165, 1.54) is 0 Å². The van der Waals surface area contributed by atoms with Gasteiger partial charge in [0.05, 0.1) is 0 Å². The van der Waals surface area contributed by atoms with Crippen molar-refractivity contribution in [1.29, 1.82) is 0 Å². The van der Waals surface area contributed by atoms with Crippen molar-refractivity contribution in [2.24, 2.45) is 5.92 Å². The number of amides is 2. The minimum absolute atomic E-state index is 0.00185. The molecule has 0 fully saturated rings. The monoisotopic (exact) mass is 304 g/mol. The first-order chi connectivity index (χ1) is 10.5. The molecule has 0 spiro atoms. The maximum atomic E-state index is 12.5. The van der Waals surface area contributed by atoms with Crippen molar-refractivity contribution in [2.45, 2.75) is 53.1 Å². The number of carbonyl (C=O) groups is 2. The van der Waals surface area contributed by atoms with E-state index in [-0.39, 0.29) is 17.7 Å². The van der Waals surface area contributed by atoms with E-state index in [2.05, 4.69) is 12.2 Å². The molecule has 0 unspecified atom stereocenters. The average molecular weight is 304 g/mol. The summed E-state index contributed by atoms with van der Waals surface area (Å²) in [6.45, 7) is 8.73. The third kappa shape index (κ3) is 5.51. The molecule has 1 N–H and O–H groups in total. The number of nitrogens with zero attached hydrogens (tertiary/aromatic N) is 1. The smallest absolute Gasteiger partial charge is 0.242 e. The zero-order valence-corrected chi connectivity index (χ0v) is 14.1. The predicted molar refractivity (Wildman–Crippen MR) is 89.2 cm³/mol. The summed E-state index contributed by atoms with van der Waals surface area (Å²) in [6, 6.07) is 9.31. The summed E-state index contributed by atoms with van der Waals surface area (Å²) in [7, 11) is 0. The molecule has 0 radical (unpaired) electrons. The Hall–Kier alpha value is -1.84. The molecule has 0 aliphatic heterocycles. The Bertz CT molecular complexity index is 471. The lowest BCUT2D eigenvalue weighted by Crippen LogP contribution is -2.49. The molecular formula is C18H28N2O2. The summed E-state index contributed by atoms with van der Waals surface area (Å²) in [5.74, 6) is -0.213. The van der Waals surface area contributed by atoms with Gasteiger partial charge in [0.2, 0.25) is 11.8 Å². The molecule has 4 nitrogen and oxygen atoms in total. The average Bonchev–Trinajstić information content (AvgIpc) is 2.52. The number of hydrogen-bond donors (Lipinski definition) is 1. The first kappa shape index (κ1) is 18.2. The van der Waals surface area contributed by atoms with Crippen molar-refractivity contribution >= 4 is 11.8 Å². The van der Waals surface area contributed by atoms with Gasteiger partial charge in [0.15, 0.2) is 0 Å². The van der Waals surface area contributed by atoms with Crippen molar-refractivity contribution in [3.8, 4) is 0 Å². The van der Waals surface area contributed by atoms with Crippen molar-refractivity contribution in [2.75, 3.05) is 6.54 Å². The Morgan fingerprint density at radius 3 is 2.32 bits per heavy atom. The predicted octanol–water partition coefficient (Wildman–Crippen LogP) is 2.98. The highest BCUT2D eigenvalue weighted by Gasteiger charge is 2.27. The Kier molecular flexibility index (Phi) is 7.64. The molecule has 22 heavy (non-hydrogen) atoms. The lowest BCUT2D eigenvalue weighted by molar-refractivity contribution is -0.143. The highest BCUT2D eigenvalue weighted by Crippen LogP contribution is 2.13. The van der Waals surface area contributed by atoms with Gasteiger partial charge >= 0.3 is 0 Å². The standard InChI is InChI=1S/C18H28N2O2/c1-5-6-12-19-17(21)15(4)20(18(22)14(2)3)13-16-10-8-7-9-11-16/h7-11,14-15H,5-6,12-13H2,1-4H3,(H,19,21)/t15-/m1/s1. The molecule has 0 heterocycles. The largest absolute Gasteiger partial charge is 0.354 e. The van der Waals surface area contributed by atoms with E-state index in [9.17, 15) is 9.59 Å². The first-order valence-electron chi connectivity index (χ1n) is 8.09. The minimum Gasteiger partial charge on any atom is -0.354 e. The fraction of sp³-hybridized carbons (Fsp3) is 0.556. The quantitative estimate of drug-likeness (QED) is 0.751. The third-order valence-corrected chi connectivity index (χ3v) is 3.65. The molecule has 122 valence electrons. The van der Waals surface area contributed by atoms with Crippen LogP contribution in [-0.2, 0) is 16.1 Å². The minimum atomic E-state index is -0.466. The Morgan fingerprint density at radius 1 is 1.14 bits per heavy atom. The van der Waals surface area contributed by atoms with E-state index in [1.54, 1.807) is 11.8 Å². The molecule has 0 saturated carbocycles. The normalized spacial score (nSPS) is 12.0. The molecule has 1 aromatic rings. The third-order valence-electron chi connectivity index (χ3n) is 3.65. The summed E-state index contributed by atoms with van der Waals surface area (Å²) < 4.78 is 0. The number of benzene rings is 1. The van der Waals surface area contributed by atoms with Crippen LogP contribution in [0.5, 0.6) is 0 Å². The van der Waals surface area contributed by atoms with Gasteiger partial charge < -0.3 is 10.2 Å². The summed E-state index contributed by atoms with van der Waals surface area (Å²) in [5.41, 5.74) is 1.03. The molecule has 4 heteroatoms. The lowest BCUT2D eigenvalue weighted by Gasteiger charge is -2.30. The second-order valence-corrected chi connectivity index (χ2v) is 5.93. The molecule has 1 atom stereocenters. The maximum absolute atomic E-state index is 12.5. The first-order valence-corrected chi connectivity index (χ1v) is 8.09. The van der Waals surface area contributed by atoms with Crippen LogP contribution in [-0.4, -0.2) is 29.3 Å². The van der Waals surface area contributed by atoms with Crippen LogP contribution in [0, 0.1) is 5.92 Å². The van der Waals surface area contributed by atoms with E-state index in [0.717, 1.165) is 18.4 Å². The summed E-state index contributed by atoms with van der Waals surface area (Å²) >= 11 is 0. The van der Waals surface area contributed by atoms with Crippen LogP contribution in [0.3, 0.4) is 0 Å². The number of nitrogens with one attached hydrogen (secondary N) is 1. The Morgan fingerprint density at radius 2 is 1.77 bits per heavy atom. The second-order valence-electron chi connectivity index (χ2n) is 5.93. The van der Waals surface area contributed by atoms with Crippen LogP contribution in [0.4, 0.5) is 0 Å². The van der Waals surface area contributed by atoms with E-state index >= 15 is 0 Å². The summed E-state index contributed by atoms with van der Waals surface area (Å²) in [5, 5.41) is 2.91. The van der Waals surface area contributed by atoms with Gasteiger partial charge in [0, 0.05) is 19.0 Å². The van der Waals surface area contributed by atoms with Gasteiger partial charge in [-0.25, -0.2) is 0 Å². The van der Waals surface area contributed by atoms with Gasteiger partial charge in [0.25, 0.3) is 0 Å². The SMILES string of the molecule is CCCCNC(=O)[C@@H](C)N(Cc1ccccc1)C(=O)C(C)C. The van der Waals surface area contributed by atoms with E-state index < -0.39 is 6.04 Å². The lowest BCUT2D eigenvalue weighted by atomic mass is 10.1. The fourth-order valence-electron chi connectivity index (χ4n) is 2.20. The van der Waals surface area contributed by atoms with Crippen molar-refractivity contribution in [3.63, 3.8) is 0 Å². The van der Waals surface area contributed by atoms with Gasteiger partial charge in [-0.3, -0.25) is 9.59 Å². The fourth-order valence-corrected chi connectivity index (χ4v) is 2.20. The molecule has 0 aliphatic rings. The zero-order chi connectivity index (χ0) is 16.5. The molecule has 2 amide bonds. The molecular weight excluding hydrogens is 276 g/mol. The van der Waals surface area contributed by atoms with Gasteiger partial charge in [-0.05, 0) is 18.9 Å². The maximum Gasteiger partial charge on any atom is 0.242 e. The van der Waals surface area contributed by atoms with Gasteiger partial charge in [0.1, 0.15) is 6.04 Å². The molecule has 0 aliphatic carbocycles. The highest BCUT2D eigenvalue weighted by molar-refractivity contribution is 5.88. The van der Waals surface area contributed by atoms with Gasteiger partial charge in [-0.2, -0.15) is 0 Å². The van der Waals surface area contributed by atoms with E-state index in [4.69, 9.17) is 0 Å². The summed E-state index contributed by atoms with van der Waals surface area (Å²) in [6.07, 6.45) is 1.99. The van der Waals surface area contributed by atoms with Gasteiger partial charge in [-0.15, -0.1) is 0 Å². The van der Waals surface area contributed by atoms with E-state index in [0.29, 0.717) is 13.1 Å². The molecule has 0 aromatic heterocycles. The summed E-state index contributed by atoms with van der Waals surface area (Å²) in [4.78, 5) is 26.4. The Labute approximate surface area is 133 Å². The van der Waals surface area contributed by atoms with Crippen LogP contribution < -0.4 is 5.32 Å². The number of rotatable bonds is 8. The second kappa shape index (κ2) is 9.23. The molecule has 0 bridgehead atoms. The Balaban J connectivity index is 2.80.